The van der Waals surface area contributed by atoms with Crippen LogP contribution in [0.5, 0.6) is 5.75 Å². The van der Waals surface area contributed by atoms with Gasteiger partial charge in [0.15, 0.2) is 0 Å². The first-order valence-electron chi connectivity index (χ1n) is 4.82. The molecule has 0 aliphatic carbocycles. The molecule has 0 aromatic heterocycles. The number of rotatable bonds is 2. The molecule has 0 radical (unpaired) electrons. The van der Waals surface area contributed by atoms with Crippen LogP contribution in [0.4, 0.5) is 0 Å². The van der Waals surface area contributed by atoms with Gasteiger partial charge in [-0.3, -0.25) is 4.79 Å². The van der Waals surface area contributed by atoms with Crippen LogP contribution in [-0.4, -0.2) is 19.1 Å². The summed E-state index contributed by atoms with van der Waals surface area (Å²) in [5.74, 6) is 0.757. The average Bonchev–Trinajstić information content (AvgIpc) is 2.61. The molecule has 1 aromatic rings. The summed E-state index contributed by atoms with van der Waals surface area (Å²) in [6, 6.07) is 7.69. The molecule has 0 spiro atoms. The van der Waals surface area contributed by atoms with Crippen LogP contribution < -0.4 is 10.1 Å². The first-order valence-corrected chi connectivity index (χ1v) is 4.82. The van der Waals surface area contributed by atoms with E-state index in [0.717, 1.165) is 11.3 Å². The number of carbonyl (C=O) groups is 1. The average molecular weight is 191 g/mol. The molecule has 2 rings (SSSR count). The van der Waals surface area contributed by atoms with Crippen molar-refractivity contribution < 1.29 is 9.53 Å². The van der Waals surface area contributed by atoms with Crippen molar-refractivity contribution in [1.82, 2.24) is 5.32 Å². The second-order valence-electron chi connectivity index (χ2n) is 3.30. The van der Waals surface area contributed by atoms with Crippen LogP contribution >= 0.6 is 0 Å². The molecule has 1 atom stereocenters. The summed E-state index contributed by atoms with van der Waals surface area (Å²) in [6.07, 6.45) is 0. The molecule has 14 heavy (non-hydrogen) atoms. The zero-order valence-corrected chi connectivity index (χ0v) is 8.12. The lowest BCUT2D eigenvalue weighted by Gasteiger charge is -2.07. The topological polar surface area (TPSA) is 38.3 Å². The third kappa shape index (κ3) is 1.45. The lowest BCUT2D eigenvalue weighted by atomic mass is 10.0. The van der Waals surface area contributed by atoms with Crippen molar-refractivity contribution in [3.05, 3.63) is 29.8 Å². The SMILES string of the molecule is CCNC(=O)C1COc2ccccc21. The molecular weight excluding hydrogens is 178 g/mol. The Kier molecular flexibility index (Phi) is 2.39. The maximum absolute atomic E-state index is 11.6. The number of fused-ring (bicyclic) bond motifs is 1. The standard InChI is InChI=1S/C11H13NO2/c1-2-12-11(13)9-7-14-10-6-4-3-5-8(9)10/h3-6,9H,2,7H2,1H3,(H,12,13). The van der Waals surface area contributed by atoms with Crippen LogP contribution in [0.2, 0.25) is 0 Å². The smallest absolute Gasteiger partial charge is 0.231 e. The number of para-hydroxylation sites is 1. The Morgan fingerprint density at radius 2 is 2.36 bits per heavy atom. The molecule has 1 N–H and O–H groups in total. The van der Waals surface area contributed by atoms with Gasteiger partial charge in [-0.1, -0.05) is 18.2 Å². The number of carbonyl (C=O) groups excluding carboxylic acids is 1. The quantitative estimate of drug-likeness (QED) is 0.765. The van der Waals surface area contributed by atoms with E-state index in [1.807, 2.05) is 31.2 Å². The van der Waals surface area contributed by atoms with Crippen molar-refractivity contribution >= 4 is 5.91 Å². The maximum Gasteiger partial charge on any atom is 0.231 e. The summed E-state index contributed by atoms with van der Waals surface area (Å²) in [6.45, 7) is 3.04. The van der Waals surface area contributed by atoms with Crippen molar-refractivity contribution in [3.63, 3.8) is 0 Å². The van der Waals surface area contributed by atoms with Gasteiger partial charge in [0.1, 0.15) is 18.3 Å². The molecule has 1 aliphatic rings. The Morgan fingerprint density at radius 1 is 1.57 bits per heavy atom. The van der Waals surface area contributed by atoms with Gasteiger partial charge in [-0.05, 0) is 13.0 Å². The summed E-state index contributed by atoms with van der Waals surface area (Å²) in [5.41, 5.74) is 0.999. The molecule has 1 aromatic carbocycles. The highest BCUT2D eigenvalue weighted by atomic mass is 16.5. The van der Waals surface area contributed by atoms with Crippen LogP contribution in [0.1, 0.15) is 18.4 Å². The molecular formula is C11H13NO2. The van der Waals surface area contributed by atoms with Crippen molar-refractivity contribution in [1.29, 1.82) is 0 Å². The number of hydrogen-bond donors (Lipinski definition) is 1. The van der Waals surface area contributed by atoms with E-state index in [2.05, 4.69) is 5.32 Å². The molecule has 0 bridgehead atoms. The highest BCUT2D eigenvalue weighted by Gasteiger charge is 2.29. The largest absolute Gasteiger partial charge is 0.492 e. The van der Waals surface area contributed by atoms with E-state index in [1.54, 1.807) is 0 Å². The van der Waals surface area contributed by atoms with Gasteiger partial charge in [0.25, 0.3) is 0 Å². The molecule has 0 saturated carbocycles. The maximum atomic E-state index is 11.6. The van der Waals surface area contributed by atoms with Gasteiger partial charge in [-0.15, -0.1) is 0 Å². The molecule has 0 saturated heterocycles. The highest BCUT2D eigenvalue weighted by molar-refractivity contribution is 5.85. The van der Waals surface area contributed by atoms with Crippen LogP contribution in [0.3, 0.4) is 0 Å². The van der Waals surface area contributed by atoms with Crippen molar-refractivity contribution in [2.24, 2.45) is 0 Å². The third-order valence-corrected chi connectivity index (χ3v) is 2.37. The zero-order chi connectivity index (χ0) is 9.97. The monoisotopic (exact) mass is 191 g/mol. The van der Waals surface area contributed by atoms with Crippen molar-refractivity contribution in [2.45, 2.75) is 12.8 Å². The molecule has 1 heterocycles. The van der Waals surface area contributed by atoms with Gasteiger partial charge in [-0.25, -0.2) is 0 Å². The van der Waals surface area contributed by atoms with Gasteiger partial charge in [0.05, 0.1) is 0 Å². The fraction of sp³-hybridized carbons (Fsp3) is 0.364. The lowest BCUT2D eigenvalue weighted by Crippen LogP contribution is -2.29. The van der Waals surface area contributed by atoms with Gasteiger partial charge < -0.3 is 10.1 Å². The van der Waals surface area contributed by atoms with Crippen LogP contribution in [0.15, 0.2) is 24.3 Å². The molecule has 1 unspecified atom stereocenters. The molecule has 1 aliphatic heterocycles. The predicted octanol–water partition coefficient (Wildman–Crippen LogP) is 1.30. The van der Waals surface area contributed by atoms with Gasteiger partial charge in [0.2, 0.25) is 5.91 Å². The van der Waals surface area contributed by atoms with Gasteiger partial charge >= 0.3 is 0 Å². The van der Waals surface area contributed by atoms with E-state index in [-0.39, 0.29) is 11.8 Å². The Bertz CT molecular complexity index is 349. The number of benzene rings is 1. The van der Waals surface area contributed by atoms with Crippen molar-refractivity contribution in [3.8, 4) is 5.75 Å². The van der Waals surface area contributed by atoms with E-state index in [0.29, 0.717) is 13.2 Å². The second-order valence-corrected chi connectivity index (χ2v) is 3.30. The molecule has 0 fully saturated rings. The summed E-state index contributed by atoms with van der Waals surface area (Å²) in [4.78, 5) is 11.6. The van der Waals surface area contributed by atoms with E-state index >= 15 is 0 Å². The first-order chi connectivity index (χ1) is 6.83. The summed E-state index contributed by atoms with van der Waals surface area (Å²) < 4.78 is 5.42. The fourth-order valence-electron chi connectivity index (χ4n) is 1.68. The zero-order valence-electron chi connectivity index (χ0n) is 8.12. The fourth-order valence-corrected chi connectivity index (χ4v) is 1.68. The van der Waals surface area contributed by atoms with E-state index in [9.17, 15) is 4.79 Å². The van der Waals surface area contributed by atoms with E-state index in [4.69, 9.17) is 4.74 Å². The number of likely N-dealkylation sites (N-methyl/N-ethyl adjacent to an activating group) is 1. The Morgan fingerprint density at radius 3 is 3.14 bits per heavy atom. The van der Waals surface area contributed by atoms with Crippen molar-refractivity contribution in [2.75, 3.05) is 13.2 Å². The molecule has 3 nitrogen and oxygen atoms in total. The van der Waals surface area contributed by atoms with E-state index in [1.165, 1.54) is 0 Å². The normalized spacial score (nSPS) is 18.5. The number of ether oxygens (including phenoxy) is 1. The minimum atomic E-state index is -0.133. The predicted molar refractivity (Wildman–Crippen MR) is 53.4 cm³/mol. The van der Waals surface area contributed by atoms with E-state index < -0.39 is 0 Å². The Balaban J connectivity index is 2.21. The number of hydrogen-bond acceptors (Lipinski definition) is 2. The Labute approximate surface area is 83.1 Å². The van der Waals surface area contributed by atoms with Crippen LogP contribution in [0.25, 0.3) is 0 Å². The minimum absolute atomic E-state index is 0.0532. The van der Waals surface area contributed by atoms with Gasteiger partial charge in [-0.2, -0.15) is 0 Å². The second kappa shape index (κ2) is 3.70. The number of nitrogens with one attached hydrogen (secondary N) is 1. The molecule has 3 heteroatoms. The highest BCUT2D eigenvalue weighted by Crippen LogP contribution is 2.33. The van der Waals surface area contributed by atoms with Crippen LogP contribution in [-0.2, 0) is 4.79 Å². The lowest BCUT2D eigenvalue weighted by molar-refractivity contribution is -0.122. The third-order valence-electron chi connectivity index (χ3n) is 2.37. The number of amides is 1. The molecule has 74 valence electrons. The summed E-state index contributed by atoms with van der Waals surface area (Å²) >= 11 is 0. The Hall–Kier alpha value is -1.51. The first kappa shape index (κ1) is 9.06. The summed E-state index contributed by atoms with van der Waals surface area (Å²) in [5, 5.41) is 2.81. The minimum Gasteiger partial charge on any atom is -0.492 e. The molecule has 1 amide bonds. The van der Waals surface area contributed by atoms with Gasteiger partial charge in [0, 0.05) is 12.1 Å². The van der Waals surface area contributed by atoms with Crippen LogP contribution in [0, 0.1) is 0 Å². The summed E-state index contributed by atoms with van der Waals surface area (Å²) in [7, 11) is 0.